The van der Waals surface area contributed by atoms with Crippen molar-refractivity contribution in [1.29, 1.82) is 0 Å². The Labute approximate surface area is 188 Å². The first kappa shape index (κ1) is 21.6. The van der Waals surface area contributed by atoms with Gasteiger partial charge in [0.25, 0.3) is 5.91 Å². The van der Waals surface area contributed by atoms with Crippen LogP contribution in [0.3, 0.4) is 0 Å². The third-order valence-electron chi connectivity index (χ3n) is 5.51. The van der Waals surface area contributed by atoms with Crippen LogP contribution in [0.4, 0.5) is 8.78 Å². The molecule has 9 heteroatoms. The molecule has 1 N–H and O–H groups in total. The summed E-state index contributed by atoms with van der Waals surface area (Å²) >= 11 is 0. The molecular weight excluding hydrogens is 436 g/mol. The smallest absolute Gasteiger partial charge is 0.253 e. The number of epoxide rings is 2. The molecule has 2 fully saturated rings. The predicted molar refractivity (Wildman–Crippen MR) is 110 cm³/mol. The number of fused-ring (bicyclic) bond motifs is 1. The van der Waals surface area contributed by atoms with Gasteiger partial charge >= 0.3 is 0 Å². The zero-order valence-electron chi connectivity index (χ0n) is 17.6. The van der Waals surface area contributed by atoms with Crippen molar-refractivity contribution in [2.24, 2.45) is 0 Å². The van der Waals surface area contributed by atoms with E-state index in [1.807, 2.05) is 30.3 Å². The van der Waals surface area contributed by atoms with Crippen LogP contribution in [0.5, 0.6) is 0 Å². The van der Waals surface area contributed by atoms with E-state index in [-0.39, 0.29) is 24.3 Å². The maximum atomic E-state index is 13.9. The lowest BCUT2D eigenvalue weighted by Gasteiger charge is -2.12. The number of nitrogens with one attached hydrogen (secondary N) is 1. The molecule has 0 saturated carbocycles. The largest absolute Gasteiger partial charge is 0.487 e. The fraction of sp³-hybridized carbons (Fsp3) is 0.292. The summed E-state index contributed by atoms with van der Waals surface area (Å²) in [7, 11) is 1.52. The number of rotatable bonds is 8. The normalized spacial score (nSPS) is 25.4. The highest BCUT2D eigenvalue weighted by atomic mass is 19.1. The maximum Gasteiger partial charge on any atom is 0.253 e. The highest BCUT2D eigenvalue weighted by Gasteiger charge is 2.55. The molecule has 3 aliphatic heterocycles. The van der Waals surface area contributed by atoms with Crippen LogP contribution in [0.15, 0.2) is 71.9 Å². The minimum atomic E-state index is -0.737. The molecule has 0 radical (unpaired) electrons. The zero-order valence-corrected chi connectivity index (χ0v) is 17.6. The van der Waals surface area contributed by atoms with E-state index in [4.69, 9.17) is 23.7 Å². The van der Waals surface area contributed by atoms with Gasteiger partial charge in [-0.2, -0.15) is 0 Å². The lowest BCUT2D eigenvalue weighted by molar-refractivity contribution is -0.118. The molecule has 3 aliphatic rings. The van der Waals surface area contributed by atoms with Crippen molar-refractivity contribution in [3.05, 3.63) is 94.6 Å². The Bertz CT molecular complexity index is 1120. The molecule has 33 heavy (non-hydrogen) atoms. The van der Waals surface area contributed by atoms with Gasteiger partial charge in [0.15, 0.2) is 23.9 Å². The number of hydrogen-bond donors (Lipinski definition) is 1. The van der Waals surface area contributed by atoms with E-state index in [9.17, 15) is 13.6 Å². The van der Waals surface area contributed by atoms with Gasteiger partial charge in [0.2, 0.25) is 0 Å². The second kappa shape index (κ2) is 8.93. The van der Waals surface area contributed by atoms with Crippen LogP contribution in [0.1, 0.15) is 11.1 Å². The minimum absolute atomic E-state index is 0.116. The first-order valence-corrected chi connectivity index (χ1v) is 10.4. The molecule has 0 aliphatic carbocycles. The van der Waals surface area contributed by atoms with Crippen molar-refractivity contribution in [2.45, 2.75) is 37.8 Å². The first-order valence-electron chi connectivity index (χ1n) is 10.4. The molecule has 0 bridgehead atoms. The number of halogens is 2. The second-order valence-electron chi connectivity index (χ2n) is 7.75. The summed E-state index contributed by atoms with van der Waals surface area (Å²) in [5.74, 6) is -1.08. The van der Waals surface area contributed by atoms with Gasteiger partial charge in [-0.15, -0.1) is 0 Å². The van der Waals surface area contributed by atoms with Crippen molar-refractivity contribution in [3.63, 3.8) is 0 Å². The van der Waals surface area contributed by atoms with Gasteiger partial charge in [-0.3, -0.25) is 4.79 Å². The van der Waals surface area contributed by atoms with E-state index in [1.54, 1.807) is 0 Å². The Balaban J connectivity index is 1.29. The minimum Gasteiger partial charge on any atom is -0.487 e. The van der Waals surface area contributed by atoms with Crippen LogP contribution in [0.25, 0.3) is 0 Å². The van der Waals surface area contributed by atoms with Crippen LogP contribution in [-0.4, -0.2) is 37.6 Å². The van der Waals surface area contributed by atoms with E-state index in [0.717, 1.165) is 17.7 Å². The lowest BCUT2D eigenvalue weighted by Crippen LogP contribution is -2.27. The monoisotopic (exact) mass is 457 g/mol. The average Bonchev–Trinajstić information content (AvgIpc) is 3.72. The highest BCUT2D eigenvalue weighted by molar-refractivity contribution is 5.95. The zero-order chi connectivity index (χ0) is 22.9. The summed E-state index contributed by atoms with van der Waals surface area (Å²) in [6.07, 6.45) is -0.752. The second-order valence-corrected chi connectivity index (χ2v) is 7.75. The van der Waals surface area contributed by atoms with E-state index >= 15 is 0 Å². The van der Waals surface area contributed by atoms with Gasteiger partial charge in [-0.1, -0.05) is 36.4 Å². The third kappa shape index (κ3) is 4.61. The Morgan fingerprint density at radius 2 is 1.88 bits per heavy atom. The molecule has 2 saturated heterocycles. The SMILES string of the molecule is COC1OC1C1=C(OCc2ccccc2)C2OC2C(C(=O)NCc2ccc(F)cc2F)=CO1. The van der Waals surface area contributed by atoms with Crippen LogP contribution in [0.2, 0.25) is 0 Å². The van der Waals surface area contributed by atoms with Crippen LogP contribution < -0.4 is 5.32 Å². The summed E-state index contributed by atoms with van der Waals surface area (Å²) in [5, 5.41) is 2.62. The molecule has 7 nitrogen and oxygen atoms in total. The highest BCUT2D eigenvalue weighted by Crippen LogP contribution is 2.44. The molecule has 4 unspecified atom stereocenters. The molecule has 0 aromatic heterocycles. The molecule has 2 aromatic carbocycles. The van der Waals surface area contributed by atoms with E-state index in [2.05, 4.69) is 5.32 Å². The Morgan fingerprint density at radius 1 is 1.06 bits per heavy atom. The molecule has 172 valence electrons. The Morgan fingerprint density at radius 3 is 2.61 bits per heavy atom. The molecule has 2 aromatic rings. The standard InChI is InChI=1S/C24H21F2NO6/c1-29-24-22(33-24)20-19(30-11-13-5-3-2-4-6-13)21-18(32-21)16(12-31-20)23(28)27-10-14-7-8-15(25)9-17(14)26/h2-9,12,18,21-22,24H,10-11H2,1H3,(H,27,28). The number of amides is 1. The maximum absolute atomic E-state index is 13.9. The number of methoxy groups -OCH3 is 1. The summed E-state index contributed by atoms with van der Waals surface area (Å²) < 4.78 is 55.3. The van der Waals surface area contributed by atoms with Crippen molar-refractivity contribution in [1.82, 2.24) is 5.32 Å². The molecule has 1 amide bonds. The molecule has 0 spiro atoms. The lowest BCUT2D eigenvalue weighted by atomic mass is 10.1. The number of benzene rings is 2. The molecule has 4 atom stereocenters. The molecule has 5 rings (SSSR count). The van der Waals surface area contributed by atoms with Gasteiger partial charge < -0.3 is 29.0 Å². The van der Waals surface area contributed by atoms with E-state index < -0.39 is 42.1 Å². The fourth-order valence-electron chi connectivity index (χ4n) is 3.63. The third-order valence-corrected chi connectivity index (χ3v) is 5.51. The summed E-state index contributed by atoms with van der Waals surface area (Å²) in [6.45, 7) is 0.167. The predicted octanol–water partition coefficient (Wildman–Crippen LogP) is 3.06. The van der Waals surface area contributed by atoms with Gasteiger partial charge in [0, 0.05) is 25.3 Å². The topological polar surface area (TPSA) is 81.8 Å². The molecule has 3 heterocycles. The number of ether oxygens (including phenoxy) is 5. The summed E-state index contributed by atoms with van der Waals surface area (Å²) in [4.78, 5) is 12.8. The average molecular weight is 457 g/mol. The van der Waals surface area contributed by atoms with Crippen molar-refractivity contribution in [2.75, 3.05) is 7.11 Å². The van der Waals surface area contributed by atoms with Gasteiger partial charge in [0.05, 0.1) is 5.57 Å². The first-order chi connectivity index (χ1) is 16.0. The summed E-state index contributed by atoms with van der Waals surface area (Å²) in [5.41, 5.74) is 1.35. The van der Waals surface area contributed by atoms with Crippen molar-refractivity contribution >= 4 is 5.91 Å². The number of carbonyl (C=O) groups is 1. The van der Waals surface area contributed by atoms with Gasteiger partial charge in [-0.25, -0.2) is 8.78 Å². The van der Waals surface area contributed by atoms with Crippen molar-refractivity contribution < 1.29 is 37.3 Å². The van der Waals surface area contributed by atoms with Gasteiger partial charge in [-0.05, 0) is 11.6 Å². The van der Waals surface area contributed by atoms with E-state index in [1.165, 1.54) is 19.4 Å². The quantitative estimate of drug-likeness (QED) is 0.614. The van der Waals surface area contributed by atoms with Crippen LogP contribution in [-0.2, 0) is 41.6 Å². The molecular formula is C24H21F2NO6. The van der Waals surface area contributed by atoms with Crippen LogP contribution in [0, 0.1) is 11.6 Å². The number of hydrogen-bond acceptors (Lipinski definition) is 6. The summed E-state index contributed by atoms with van der Waals surface area (Å²) in [6, 6.07) is 12.8. The fourth-order valence-corrected chi connectivity index (χ4v) is 3.63. The number of carbonyl (C=O) groups excluding carboxylic acids is 1. The van der Waals surface area contributed by atoms with Crippen LogP contribution >= 0.6 is 0 Å². The Hall–Kier alpha value is -3.27. The van der Waals surface area contributed by atoms with Crippen molar-refractivity contribution in [3.8, 4) is 0 Å². The van der Waals surface area contributed by atoms with Gasteiger partial charge in [0.1, 0.15) is 36.7 Å². The Kier molecular flexibility index (Phi) is 5.84. The van der Waals surface area contributed by atoms with E-state index in [0.29, 0.717) is 11.5 Å².